The zero-order chi connectivity index (χ0) is 20.8. The molecule has 29 heavy (non-hydrogen) atoms. The maximum absolute atomic E-state index is 12.1. The molecule has 2 aromatic heterocycles. The number of amides is 1. The smallest absolute Gasteiger partial charge is 0.266 e. The largest absolute Gasteiger partial charge is 0.497 e. The van der Waals surface area contributed by atoms with Crippen LogP contribution < -0.4 is 15.6 Å². The molecule has 0 unspecified atom stereocenters. The molecular formula is C21H22N4O3S. The van der Waals surface area contributed by atoms with Crippen LogP contribution in [0.4, 0.5) is 0 Å². The van der Waals surface area contributed by atoms with E-state index < -0.39 is 0 Å². The number of thiazole rings is 1. The van der Waals surface area contributed by atoms with Gasteiger partial charge in [-0.3, -0.25) is 9.59 Å². The summed E-state index contributed by atoms with van der Waals surface area (Å²) in [5.74, 6) is 0.523. The van der Waals surface area contributed by atoms with Crippen LogP contribution in [-0.4, -0.2) is 34.3 Å². The molecule has 1 amide bonds. The second-order valence-electron chi connectivity index (χ2n) is 6.32. The molecule has 0 aliphatic rings. The van der Waals surface area contributed by atoms with Gasteiger partial charge in [0.1, 0.15) is 11.4 Å². The van der Waals surface area contributed by atoms with Gasteiger partial charge >= 0.3 is 0 Å². The van der Waals surface area contributed by atoms with Crippen LogP contribution in [0, 0.1) is 13.8 Å². The van der Waals surface area contributed by atoms with Gasteiger partial charge in [0, 0.05) is 18.7 Å². The first kappa shape index (κ1) is 20.5. The number of methoxy groups -OCH3 is 1. The number of hydrogen-bond acceptors (Lipinski definition) is 6. The van der Waals surface area contributed by atoms with Gasteiger partial charge in [0.15, 0.2) is 0 Å². The van der Waals surface area contributed by atoms with Gasteiger partial charge < -0.3 is 10.1 Å². The minimum atomic E-state index is -0.237. The highest BCUT2D eigenvalue weighted by Gasteiger charge is 2.10. The van der Waals surface area contributed by atoms with Crippen LogP contribution >= 0.6 is 11.3 Å². The first-order valence-electron chi connectivity index (χ1n) is 9.09. The summed E-state index contributed by atoms with van der Waals surface area (Å²) in [6.07, 6.45) is 3.17. The van der Waals surface area contributed by atoms with Crippen LogP contribution in [0.2, 0.25) is 0 Å². The van der Waals surface area contributed by atoms with E-state index in [4.69, 9.17) is 4.74 Å². The molecule has 0 saturated carbocycles. The van der Waals surface area contributed by atoms with Gasteiger partial charge in [-0.15, -0.1) is 11.3 Å². The molecule has 1 N–H and O–H groups in total. The van der Waals surface area contributed by atoms with Crippen molar-refractivity contribution >= 4 is 23.3 Å². The van der Waals surface area contributed by atoms with Gasteiger partial charge in [-0.25, -0.2) is 9.67 Å². The molecular weight excluding hydrogens is 388 g/mol. The van der Waals surface area contributed by atoms with Gasteiger partial charge in [0.25, 0.3) is 5.56 Å². The van der Waals surface area contributed by atoms with E-state index in [9.17, 15) is 9.59 Å². The Morgan fingerprint density at radius 2 is 1.97 bits per heavy atom. The van der Waals surface area contributed by atoms with Crippen LogP contribution in [-0.2, 0) is 11.3 Å². The summed E-state index contributed by atoms with van der Waals surface area (Å²) in [6.45, 7) is 4.44. The average molecular weight is 410 g/mol. The topological polar surface area (TPSA) is 86.1 Å². The predicted octanol–water partition coefficient (Wildman–Crippen LogP) is 2.82. The number of rotatable bonds is 7. The Kier molecular flexibility index (Phi) is 6.56. The molecule has 1 aromatic carbocycles. The van der Waals surface area contributed by atoms with E-state index in [1.807, 2.05) is 38.1 Å². The molecule has 0 aliphatic carbocycles. The lowest BCUT2D eigenvalue weighted by Crippen LogP contribution is -2.31. The fraction of sp³-hybridized carbons (Fsp3) is 0.238. The molecule has 8 heteroatoms. The van der Waals surface area contributed by atoms with E-state index in [1.54, 1.807) is 30.6 Å². The first-order chi connectivity index (χ1) is 14.0. The molecule has 0 radical (unpaired) electrons. The predicted molar refractivity (Wildman–Crippen MR) is 114 cm³/mol. The highest BCUT2D eigenvalue weighted by atomic mass is 32.1. The average Bonchev–Trinajstić information content (AvgIpc) is 3.06. The monoisotopic (exact) mass is 410 g/mol. The van der Waals surface area contributed by atoms with E-state index in [2.05, 4.69) is 15.4 Å². The Hall–Kier alpha value is -3.26. The summed E-state index contributed by atoms with van der Waals surface area (Å²) in [4.78, 5) is 29.4. The second kappa shape index (κ2) is 9.29. The van der Waals surface area contributed by atoms with Crippen molar-refractivity contribution in [3.8, 4) is 16.3 Å². The van der Waals surface area contributed by atoms with Crippen molar-refractivity contribution in [2.75, 3.05) is 13.7 Å². The highest BCUT2D eigenvalue weighted by Crippen LogP contribution is 2.27. The Morgan fingerprint density at radius 3 is 2.62 bits per heavy atom. The van der Waals surface area contributed by atoms with Crippen LogP contribution in [0.3, 0.4) is 0 Å². The third-order valence-corrected chi connectivity index (χ3v) is 5.26. The third-order valence-electron chi connectivity index (χ3n) is 4.17. The van der Waals surface area contributed by atoms with Crippen molar-refractivity contribution in [1.29, 1.82) is 0 Å². The molecule has 3 aromatic rings. The van der Waals surface area contributed by atoms with Crippen molar-refractivity contribution in [3.05, 3.63) is 69.1 Å². The lowest BCUT2D eigenvalue weighted by molar-refractivity contribution is -0.116. The van der Waals surface area contributed by atoms with Crippen molar-refractivity contribution in [2.24, 2.45) is 0 Å². The lowest BCUT2D eigenvalue weighted by Gasteiger charge is -2.07. The van der Waals surface area contributed by atoms with Gasteiger partial charge in [-0.2, -0.15) is 5.10 Å². The van der Waals surface area contributed by atoms with Gasteiger partial charge in [-0.1, -0.05) is 12.1 Å². The molecule has 0 fully saturated rings. The van der Waals surface area contributed by atoms with E-state index in [0.29, 0.717) is 12.2 Å². The number of carbonyl (C=O) groups is 1. The minimum Gasteiger partial charge on any atom is -0.497 e. The summed E-state index contributed by atoms with van der Waals surface area (Å²) < 4.78 is 6.46. The number of nitrogens with one attached hydrogen (secondary N) is 1. The van der Waals surface area contributed by atoms with E-state index in [1.165, 1.54) is 16.8 Å². The second-order valence-corrected chi connectivity index (χ2v) is 7.53. The number of nitrogens with zero attached hydrogens (tertiary/aromatic N) is 3. The van der Waals surface area contributed by atoms with Crippen molar-refractivity contribution < 1.29 is 9.53 Å². The van der Waals surface area contributed by atoms with Gasteiger partial charge in [0.05, 0.1) is 29.2 Å². The molecule has 2 heterocycles. The molecule has 0 atom stereocenters. The Labute approximate surface area is 172 Å². The number of hydrogen-bond donors (Lipinski definition) is 1. The molecule has 3 rings (SSSR count). The molecule has 0 bridgehead atoms. The standard InChI is InChI=1S/C21H22N4O3S/c1-14-21(29-15(2)23-14)18-9-11-20(27)25(24-18)13-12-22-19(26)10-6-16-4-7-17(28-3)8-5-16/h4-11H,12-13H2,1-3H3,(H,22,26)/b10-6-. The number of aromatic nitrogens is 3. The fourth-order valence-electron chi connectivity index (χ4n) is 2.73. The highest BCUT2D eigenvalue weighted by molar-refractivity contribution is 7.15. The molecule has 0 aliphatic heterocycles. The normalized spacial score (nSPS) is 11.0. The summed E-state index contributed by atoms with van der Waals surface area (Å²) in [7, 11) is 1.60. The van der Waals surface area contributed by atoms with E-state index in [-0.39, 0.29) is 18.0 Å². The fourth-order valence-corrected chi connectivity index (χ4v) is 3.61. The summed E-state index contributed by atoms with van der Waals surface area (Å²) in [5.41, 5.74) is 2.28. The first-order valence-corrected chi connectivity index (χ1v) is 9.90. The quantitative estimate of drug-likeness (QED) is 0.606. The van der Waals surface area contributed by atoms with Crippen LogP contribution in [0.25, 0.3) is 16.6 Å². The molecule has 0 saturated heterocycles. The number of ether oxygens (including phenoxy) is 1. The zero-order valence-electron chi connectivity index (χ0n) is 16.5. The van der Waals surface area contributed by atoms with E-state index >= 15 is 0 Å². The summed E-state index contributed by atoms with van der Waals surface area (Å²) in [5, 5.41) is 8.13. The van der Waals surface area contributed by atoms with Crippen LogP contribution in [0.15, 0.2) is 47.3 Å². The maximum atomic E-state index is 12.1. The zero-order valence-corrected chi connectivity index (χ0v) is 17.3. The van der Waals surface area contributed by atoms with Crippen molar-refractivity contribution in [2.45, 2.75) is 20.4 Å². The SMILES string of the molecule is COc1ccc(/C=C\C(=O)NCCn2nc(-c3sc(C)nc3C)ccc2=O)cc1. The van der Waals surface area contributed by atoms with Crippen molar-refractivity contribution in [1.82, 2.24) is 20.1 Å². The summed E-state index contributed by atoms with van der Waals surface area (Å²) >= 11 is 1.54. The molecule has 150 valence electrons. The van der Waals surface area contributed by atoms with E-state index in [0.717, 1.165) is 26.9 Å². The molecule has 0 spiro atoms. The lowest BCUT2D eigenvalue weighted by atomic mass is 10.2. The number of aryl methyl sites for hydroxylation is 2. The molecule has 7 nitrogen and oxygen atoms in total. The van der Waals surface area contributed by atoms with Crippen LogP contribution in [0.1, 0.15) is 16.3 Å². The summed E-state index contributed by atoms with van der Waals surface area (Å²) in [6, 6.07) is 10.6. The number of carbonyl (C=O) groups excluding carboxylic acids is 1. The van der Waals surface area contributed by atoms with Gasteiger partial charge in [-0.05, 0) is 43.7 Å². The van der Waals surface area contributed by atoms with Crippen LogP contribution in [0.5, 0.6) is 5.75 Å². The minimum absolute atomic E-state index is 0.212. The Bertz CT molecular complexity index is 1080. The third kappa shape index (κ3) is 5.39. The Balaban J connectivity index is 1.59. The van der Waals surface area contributed by atoms with Crippen molar-refractivity contribution in [3.63, 3.8) is 0 Å². The Morgan fingerprint density at radius 1 is 1.21 bits per heavy atom. The maximum Gasteiger partial charge on any atom is 0.266 e. The number of benzene rings is 1. The van der Waals surface area contributed by atoms with Gasteiger partial charge in [0.2, 0.25) is 5.91 Å².